The van der Waals surface area contributed by atoms with Gasteiger partial charge in [0.05, 0.1) is 18.2 Å². The van der Waals surface area contributed by atoms with E-state index in [4.69, 9.17) is 14.7 Å². The molecule has 7 nitrogen and oxygen atoms in total. The first-order chi connectivity index (χ1) is 12.9. The molecule has 0 bridgehead atoms. The van der Waals surface area contributed by atoms with Gasteiger partial charge >= 0.3 is 6.03 Å². The fraction of sp³-hybridized carbons (Fsp3) is 0.250. The van der Waals surface area contributed by atoms with Crippen molar-refractivity contribution in [3.8, 4) is 17.6 Å². The van der Waals surface area contributed by atoms with Gasteiger partial charge in [0.1, 0.15) is 0 Å². The van der Waals surface area contributed by atoms with Gasteiger partial charge in [-0.15, -0.1) is 0 Å². The van der Waals surface area contributed by atoms with E-state index in [1.807, 2.05) is 32.0 Å². The highest BCUT2D eigenvalue weighted by molar-refractivity contribution is 6.01. The van der Waals surface area contributed by atoms with E-state index in [1.54, 1.807) is 25.1 Å². The molecule has 2 rings (SSSR count). The highest BCUT2D eigenvalue weighted by Gasteiger charge is 2.12. The minimum absolute atomic E-state index is 0.320. The standard InChI is InChI=1S/C20H21N3O4/c1-4-26-18-10-15(11-21)6-8-17(18)27-12-19(24)23-20(25)22-16-7-5-13(2)9-14(16)3/h5-10H,4,12H2,1-3H3,(H2,22,23,24,25). The third kappa shape index (κ3) is 5.75. The molecule has 0 aliphatic heterocycles. The van der Waals surface area contributed by atoms with Crippen LogP contribution in [-0.2, 0) is 4.79 Å². The molecule has 7 heteroatoms. The van der Waals surface area contributed by atoms with Gasteiger partial charge in [-0.1, -0.05) is 17.7 Å². The summed E-state index contributed by atoms with van der Waals surface area (Å²) in [5, 5.41) is 13.8. The van der Waals surface area contributed by atoms with Crippen molar-refractivity contribution >= 4 is 17.6 Å². The van der Waals surface area contributed by atoms with E-state index < -0.39 is 11.9 Å². The van der Waals surface area contributed by atoms with Gasteiger partial charge in [-0.3, -0.25) is 10.1 Å². The number of aryl methyl sites for hydroxylation is 2. The predicted molar refractivity (Wildman–Crippen MR) is 101 cm³/mol. The second-order valence-electron chi connectivity index (χ2n) is 5.82. The minimum Gasteiger partial charge on any atom is -0.490 e. The summed E-state index contributed by atoms with van der Waals surface area (Å²) in [6, 6.07) is 11.6. The fourth-order valence-electron chi connectivity index (χ4n) is 2.38. The molecule has 3 amide bonds. The number of urea groups is 1. The average molecular weight is 367 g/mol. The Morgan fingerprint density at radius 2 is 1.85 bits per heavy atom. The van der Waals surface area contributed by atoms with Crippen LogP contribution in [0.25, 0.3) is 0 Å². The van der Waals surface area contributed by atoms with E-state index in [-0.39, 0.29) is 6.61 Å². The van der Waals surface area contributed by atoms with E-state index in [9.17, 15) is 9.59 Å². The normalized spacial score (nSPS) is 9.85. The number of nitrogens with one attached hydrogen (secondary N) is 2. The van der Waals surface area contributed by atoms with Crippen LogP contribution in [0, 0.1) is 25.2 Å². The number of nitrogens with zero attached hydrogens (tertiary/aromatic N) is 1. The van der Waals surface area contributed by atoms with Crippen LogP contribution in [0.15, 0.2) is 36.4 Å². The van der Waals surface area contributed by atoms with Gasteiger partial charge in [-0.25, -0.2) is 4.79 Å². The third-order valence-corrected chi connectivity index (χ3v) is 3.61. The number of ether oxygens (including phenoxy) is 2. The van der Waals surface area contributed by atoms with Crippen LogP contribution in [0.3, 0.4) is 0 Å². The van der Waals surface area contributed by atoms with E-state index in [0.717, 1.165) is 11.1 Å². The molecule has 2 N–H and O–H groups in total. The molecule has 0 saturated carbocycles. The van der Waals surface area contributed by atoms with Crippen LogP contribution in [0.1, 0.15) is 23.6 Å². The van der Waals surface area contributed by atoms with E-state index >= 15 is 0 Å². The molecule has 2 aromatic carbocycles. The van der Waals surface area contributed by atoms with Gasteiger partial charge in [0, 0.05) is 11.8 Å². The Kier molecular flexibility index (Phi) is 6.78. The van der Waals surface area contributed by atoms with Crippen LogP contribution in [0.2, 0.25) is 0 Å². The topological polar surface area (TPSA) is 100 Å². The molecule has 0 fully saturated rings. The van der Waals surface area contributed by atoms with Crippen molar-refractivity contribution in [3.05, 3.63) is 53.1 Å². The summed E-state index contributed by atoms with van der Waals surface area (Å²) in [6.07, 6.45) is 0. The molecule has 0 aliphatic rings. The van der Waals surface area contributed by atoms with Crippen molar-refractivity contribution < 1.29 is 19.1 Å². The summed E-state index contributed by atoms with van der Waals surface area (Å²) >= 11 is 0. The molecule has 2 aromatic rings. The second-order valence-corrected chi connectivity index (χ2v) is 5.82. The molecular formula is C20H21N3O4. The van der Waals surface area contributed by atoms with Gasteiger partial charge in [0.15, 0.2) is 18.1 Å². The first-order valence-corrected chi connectivity index (χ1v) is 8.40. The molecule has 0 heterocycles. The lowest BCUT2D eigenvalue weighted by molar-refractivity contribution is -0.121. The zero-order valence-electron chi connectivity index (χ0n) is 15.5. The SMILES string of the molecule is CCOc1cc(C#N)ccc1OCC(=O)NC(=O)Nc1ccc(C)cc1C. The monoisotopic (exact) mass is 367 g/mol. The summed E-state index contributed by atoms with van der Waals surface area (Å²) in [7, 11) is 0. The maximum Gasteiger partial charge on any atom is 0.325 e. The number of benzene rings is 2. The van der Waals surface area contributed by atoms with Crippen LogP contribution in [0.4, 0.5) is 10.5 Å². The number of carbonyl (C=O) groups excluding carboxylic acids is 2. The molecule has 0 aliphatic carbocycles. The Morgan fingerprint density at radius 3 is 2.52 bits per heavy atom. The second kappa shape index (κ2) is 9.25. The molecule has 0 aromatic heterocycles. The van der Waals surface area contributed by atoms with Gasteiger partial charge in [0.25, 0.3) is 5.91 Å². The average Bonchev–Trinajstić information content (AvgIpc) is 2.63. The predicted octanol–water partition coefficient (Wildman–Crippen LogP) is 3.30. The fourth-order valence-corrected chi connectivity index (χ4v) is 2.38. The molecule has 0 spiro atoms. The lowest BCUT2D eigenvalue weighted by Gasteiger charge is -2.12. The minimum atomic E-state index is -0.639. The number of amides is 3. The largest absolute Gasteiger partial charge is 0.490 e. The van der Waals surface area contributed by atoms with E-state index in [2.05, 4.69) is 10.6 Å². The van der Waals surface area contributed by atoms with Crippen LogP contribution >= 0.6 is 0 Å². The number of hydrogen-bond donors (Lipinski definition) is 2. The van der Waals surface area contributed by atoms with Crippen LogP contribution in [-0.4, -0.2) is 25.2 Å². The highest BCUT2D eigenvalue weighted by Crippen LogP contribution is 2.28. The van der Waals surface area contributed by atoms with E-state index in [1.165, 1.54) is 6.07 Å². The Hall–Kier alpha value is -3.53. The molecule has 27 heavy (non-hydrogen) atoms. The van der Waals surface area contributed by atoms with Crippen molar-refractivity contribution in [2.75, 3.05) is 18.5 Å². The number of anilines is 1. The van der Waals surface area contributed by atoms with Gasteiger partial charge in [-0.05, 0) is 44.5 Å². The van der Waals surface area contributed by atoms with Crippen molar-refractivity contribution in [1.82, 2.24) is 5.32 Å². The van der Waals surface area contributed by atoms with Crippen molar-refractivity contribution in [1.29, 1.82) is 5.26 Å². The Balaban J connectivity index is 1.92. The maximum atomic E-state index is 12.0. The molecule has 0 unspecified atom stereocenters. The van der Waals surface area contributed by atoms with Crippen molar-refractivity contribution in [2.24, 2.45) is 0 Å². The first kappa shape index (κ1) is 19.8. The number of rotatable bonds is 6. The Morgan fingerprint density at radius 1 is 1.07 bits per heavy atom. The quantitative estimate of drug-likeness (QED) is 0.816. The van der Waals surface area contributed by atoms with Crippen LogP contribution in [0.5, 0.6) is 11.5 Å². The van der Waals surface area contributed by atoms with Crippen LogP contribution < -0.4 is 20.1 Å². The molecule has 0 atom stereocenters. The lowest BCUT2D eigenvalue weighted by Crippen LogP contribution is -2.37. The first-order valence-electron chi connectivity index (χ1n) is 8.40. The smallest absolute Gasteiger partial charge is 0.325 e. The van der Waals surface area contributed by atoms with Gasteiger partial charge in [0.2, 0.25) is 0 Å². The number of carbonyl (C=O) groups is 2. The molecule has 0 radical (unpaired) electrons. The van der Waals surface area contributed by atoms with Gasteiger partial charge < -0.3 is 14.8 Å². The summed E-state index contributed by atoms with van der Waals surface area (Å²) in [5.41, 5.74) is 3.02. The maximum absolute atomic E-state index is 12.0. The van der Waals surface area contributed by atoms with Crippen molar-refractivity contribution in [2.45, 2.75) is 20.8 Å². The Bertz CT molecular complexity index is 887. The summed E-state index contributed by atoms with van der Waals surface area (Å²) < 4.78 is 10.8. The lowest BCUT2D eigenvalue weighted by atomic mass is 10.1. The summed E-state index contributed by atoms with van der Waals surface area (Å²) in [5.74, 6) is 0.0777. The molecule has 140 valence electrons. The molecular weight excluding hydrogens is 346 g/mol. The Labute approximate surface area is 157 Å². The number of hydrogen-bond acceptors (Lipinski definition) is 5. The van der Waals surface area contributed by atoms with Crippen molar-refractivity contribution in [3.63, 3.8) is 0 Å². The molecule has 0 saturated heterocycles. The van der Waals surface area contributed by atoms with E-state index in [0.29, 0.717) is 29.4 Å². The summed E-state index contributed by atoms with van der Waals surface area (Å²) in [6.45, 7) is 5.64. The number of imide groups is 1. The summed E-state index contributed by atoms with van der Waals surface area (Å²) in [4.78, 5) is 23.9. The third-order valence-electron chi connectivity index (χ3n) is 3.61. The zero-order valence-corrected chi connectivity index (χ0v) is 15.5. The zero-order chi connectivity index (χ0) is 19.8. The highest BCUT2D eigenvalue weighted by atomic mass is 16.5. The number of nitriles is 1. The van der Waals surface area contributed by atoms with Gasteiger partial charge in [-0.2, -0.15) is 5.26 Å².